The predicted molar refractivity (Wildman–Crippen MR) is 67.7 cm³/mol. The second-order valence-electron chi connectivity index (χ2n) is 4.13. The highest BCUT2D eigenvalue weighted by molar-refractivity contribution is 5.79. The molecule has 0 bridgehead atoms. The molecule has 2 heterocycles. The first-order chi connectivity index (χ1) is 8.28. The van der Waals surface area contributed by atoms with Crippen LogP contribution in [-0.2, 0) is 13.5 Å². The number of aromatic nitrogens is 4. The summed E-state index contributed by atoms with van der Waals surface area (Å²) >= 11 is 0. The molecule has 0 saturated heterocycles. The van der Waals surface area contributed by atoms with E-state index in [2.05, 4.69) is 40.2 Å². The van der Waals surface area contributed by atoms with Crippen LogP contribution in [0, 0.1) is 0 Å². The molecule has 2 aromatic heterocycles. The van der Waals surface area contributed by atoms with E-state index in [4.69, 9.17) is 0 Å². The fourth-order valence-corrected chi connectivity index (χ4v) is 2.00. The van der Waals surface area contributed by atoms with Crippen LogP contribution < -0.4 is 0 Å². The Morgan fingerprint density at radius 1 is 1.29 bits per heavy atom. The monoisotopic (exact) mass is 226 g/mol. The van der Waals surface area contributed by atoms with Gasteiger partial charge in [-0.05, 0) is 30.2 Å². The molecule has 1 N–H and O–H groups in total. The minimum atomic E-state index is 0.869. The lowest BCUT2D eigenvalue weighted by Gasteiger charge is -1.95. The van der Waals surface area contributed by atoms with Crippen molar-refractivity contribution in [3.8, 4) is 11.5 Å². The number of nitrogens with one attached hydrogen (secondary N) is 1. The summed E-state index contributed by atoms with van der Waals surface area (Å²) in [7, 11) is 1.92. The number of benzene rings is 1. The molecule has 0 amide bonds. The minimum Gasteiger partial charge on any atom is -0.337 e. The second-order valence-corrected chi connectivity index (χ2v) is 4.13. The number of imidazole rings is 1. The summed E-state index contributed by atoms with van der Waals surface area (Å²) in [5.74, 6) is 0.869. The molecule has 1 aromatic carbocycles. The van der Waals surface area contributed by atoms with Gasteiger partial charge in [0.1, 0.15) is 5.69 Å². The molecule has 0 aliphatic rings. The van der Waals surface area contributed by atoms with Gasteiger partial charge in [0, 0.05) is 13.2 Å². The molecule has 0 spiro atoms. The zero-order valence-electron chi connectivity index (χ0n) is 9.94. The Morgan fingerprint density at radius 2 is 2.18 bits per heavy atom. The van der Waals surface area contributed by atoms with Crippen LogP contribution in [0.1, 0.15) is 12.5 Å². The Hall–Kier alpha value is -2.10. The summed E-state index contributed by atoms with van der Waals surface area (Å²) in [6.07, 6.45) is 2.82. The Bertz CT molecular complexity index is 663. The molecule has 0 radical (unpaired) electrons. The third-order valence-corrected chi connectivity index (χ3v) is 3.02. The van der Waals surface area contributed by atoms with Gasteiger partial charge in [-0.3, -0.25) is 4.68 Å². The first-order valence-electron chi connectivity index (χ1n) is 5.75. The van der Waals surface area contributed by atoms with Gasteiger partial charge in [0.25, 0.3) is 0 Å². The Morgan fingerprint density at radius 3 is 2.88 bits per heavy atom. The topological polar surface area (TPSA) is 46.5 Å². The molecule has 0 aliphatic heterocycles. The first kappa shape index (κ1) is 10.1. The van der Waals surface area contributed by atoms with Gasteiger partial charge >= 0.3 is 0 Å². The normalized spacial score (nSPS) is 11.2. The Balaban J connectivity index is 2.17. The molecule has 0 fully saturated rings. The summed E-state index contributed by atoms with van der Waals surface area (Å²) < 4.78 is 1.82. The quantitative estimate of drug-likeness (QED) is 0.729. The maximum absolute atomic E-state index is 4.58. The number of rotatable bonds is 2. The molecular weight excluding hydrogens is 212 g/mol. The van der Waals surface area contributed by atoms with Crippen molar-refractivity contribution in [3.05, 3.63) is 36.0 Å². The molecule has 3 aromatic rings. The smallest absolute Gasteiger partial charge is 0.156 e. The molecule has 0 atom stereocenters. The molecule has 86 valence electrons. The van der Waals surface area contributed by atoms with Crippen LogP contribution in [0.15, 0.2) is 30.5 Å². The van der Waals surface area contributed by atoms with Crippen molar-refractivity contribution in [1.29, 1.82) is 0 Å². The lowest BCUT2D eigenvalue weighted by molar-refractivity contribution is 0.771. The van der Waals surface area contributed by atoms with E-state index in [-0.39, 0.29) is 0 Å². The third kappa shape index (κ3) is 1.62. The predicted octanol–water partition coefficient (Wildman–Crippen LogP) is 2.53. The summed E-state index contributed by atoms with van der Waals surface area (Å²) in [6, 6.07) is 8.29. The molecule has 0 saturated carbocycles. The van der Waals surface area contributed by atoms with Gasteiger partial charge in [-0.2, -0.15) is 5.10 Å². The van der Waals surface area contributed by atoms with Crippen molar-refractivity contribution < 1.29 is 0 Å². The van der Waals surface area contributed by atoms with Crippen molar-refractivity contribution in [1.82, 2.24) is 19.7 Å². The van der Waals surface area contributed by atoms with Gasteiger partial charge in [-0.25, -0.2) is 4.98 Å². The van der Waals surface area contributed by atoms with E-state index in [9.17, 15) is 0 Å². The molecule has 0 aliphatic carbocycles. The number of aromatic amines is 1. The molecule has 4 nitrogen and oxygen atoms in total. The summed E-state index contributed by atoms with van der Waals surface area (Å²) in [4.78, 5) is 7.92. The van der Waals surface area contributed by atoms with E-state index in [0.717, 1.165) is 29.0 Å². The number of hydrogen-bond donors (Lipinski definition) is 1. The van der Waals surface area contributed by atoms with Gasteiger partial charge in [0.2, 0.25) is 0 Å². The van der Waals surface area contributed by atoms with Crippen LogP contribution in [-0.4, -0.2) is 19.7 Å². The summed E-state index contributed by atoms with van der Waals surface area (Å²) in [6.45, 7) is 2.15. The fourth-order valence-electron chi connectivity index (χ4n) is 2.00. The lowest BCUT2D eigenvalue weighted by atomic mass is 10.1. The third-order valence-electron chi connectivity index (χ3n) is 3.02. The van der Waals surface area contributed by atoms with Crippen LogP contribution in [0.4, 0.5) is 0 Å². The molecule has 3 rings (SSSR count). The molecule has 4 heteroatoms. The van der Waals surface area contributed by atoms with Crippen LogP contribution >= 0.6 is 0 Å². The number of nitrogens with zero attached hydrogens (tertiary/aromatic N) is 3. The van der Waals surface area contributed by atoms with E-state index in [0.29, 0.717) is 0 Å². The maximum Gasteiger partial charge on any atom is 0.156 e. The van der Waals surface area contributed by atoms with Gasteiger partial charge in [0.15, 0.2) is 5.82 Å². The highest BCUT2D eigenvalue weighted by Gasteiger charge is 2.08. The zero-order valence-corrected chi connectivity index (χ0v) is 9.94. The van der Waals surface area contributed by atoms with Crippen molar-refractivity contribution >= 4 is 11.0 Å². The van der Waals surface area contributed by atoms with E-state index in [1.54, 1.807) is 6.20 Å². The van der Waals surface area contributed by atoms with Crippen LogP contribution in [0.25, 0.3) is 22.6 Å². The van der Waals surface area contributed by atoms with Crippen molar-refractivity contribution in [2.24, 2.45) is 7.05 Å². The largest absolute Gasteiger partial charge is 0.337 e. The lowest BCUT2D eigenvalue weighted by Crippen LogP contribution is -1.94. The number of hydrogen-bond acceptors (Lipinski definition) is 2. The zero-order chi connectivity index (χ0) is 11.8. The van der Waals surface area contributed by atoms with E-state index in [1.165, 1.54) is 5.56 Å². The SMILES string of the molecule is CCc1ccc2nc(-c3ccnn3C)[nH]c2c1. The fraction of sp³-hybridized carbons (Fsp3) is 0.231. The van der Waals surface area contributed by atoms with Crippen LogP contribution in [0.3, 0.4) is 0 Å². The van der Waals surface area contributed by atoms with Crippen LogP contribution in [0.2, 0.25) is 0 Å². The Labute approximate surface area is 99.3 Å². The first-order valence-corrected chi connectivity index (χ1v) is 5.75. The maximum atomic E-state index is 4.58. The summed E-state index contributed by atoms with van der Waals surface area (Å²) in [5, 5.41) is 4.15. The Kier molecular flexibility index (Phi) is 2.21. The van der Waals surface area contributed by atoms with Gasteiger partial charge in [-0.1, -0.05) is 13.0 Å². The number of H-pyrrole nitrogens is 1. The average molecular weight is 226 g/mol. The molecular formula is C13H14N4. The standard InChI is InChI=1S/C13H14N4/c1-3-9-4-5-10-11(8-9)16-13(15-10)12-6-7-14-17(12)2/h4-8H,3H2,1-2H3,(H,15,16). The van der Waals surface area contributed by atoms with E-state index >= 15 is 0 Å². The second kappa shape index (κ2) is 3.73. The minimum absolute atomic E-state index is 0.869. The van der Waals surface area contributed by atoms with Crippen molar-refractivity contribution in [2.75, 3.05) is 0 Å². The van der Waals surface area contributed by atoms with Gasteiger partial charge in [-0.15, -0.1) is 0 Å². The number of aryl methyl sites for hydroxylation is 2. The summed E-state index contributed by atoms with van der Waals surface area (Å²) in [5.41, 5.74) is 4.40. The molecule has 0 unspecified atom stereocenters. The van der Waals surface area contributed by atoms with E-state index in [1.807, 2.05) is 17.8 Å². The average Bonchev–Trinajstić information content (AvgIpc) is 2.93. The van der Waals surface area contributed by atoms with E-state index < -0.39 is 0 Å². The van der Waals surface area contributed by atoms with Gasteiger partial charge in [0.05, 0.1) is 11.0 Å². The van der Waals surface area contributed by atoms with Crippen molar-refractivity contribution in [2.45, 2.75) is 13.3 Å². The van der Waals surface area contributed by atoms with Crippen LogP contribution in [0.5, 0.6) is 0 Å². The highest BCUT2D eigenvalue weighted by Crippen LogP contribution is 2.20. The van der Waals surface area contributed by atoms with Crippen molar-refractivity contribution in [3.63, 3.8) is 0 Å². The van der Waals surface area contributed by atoms with Gasteiger partial charge < -0.3 is 4.98 Å². The molecule has 17 heavy (non-hydrogen) atoms. The highest BCUT2D eigenvalue weighted by atomic mass is 15.3. The number of fused-ring (bicyclic) bond motifs is 1.